The van der Waals surface area contributed by atoms with Crippen LogP contribution in [0.25, 0.3) is 0 Å². The SMILES string of the molecule is CC(=O)OC[C@H]1[C][C][C@H]2N=C(c3ccccc3)S[C@H]2O1. The molecule has 1 aromatic carbocycles. The van der Waals surface area contributed by atoms with Crippen molar-refractivity contribution in [2.75, 3.05) is 6.61 Å². The number of benzene rings is 1. The van der Waals surface area contributed by atoms with E-state index >= 15 is 0 Å². The Morgan fingerprint density at radius 2 is 2.20 bits per heavy atom. The van der Waals surface area contributed by atoms with E-state index in [0.29, 0.717) is 0 Å². The topological polar surface area (TPSA) is 47.9 Å². The summed E-state index contributed by atoms with van der Waals surface area (Å²) in [6.45, 7) is 1.55. The highest BCUT2D eigenvalue weighted by Gasteiger charge is 2.38. The molecule has 0 bridgehead atoms. The second-order valence-electron chi connectivity index (χ2n) is 4.45. The van der Waals surface area contributed by atoms with Gasteiger partial charge >= 0.3 is 5.97 Å². The van der Waals surface area contributed by atoms with Crippen molar-refractivity contribution in [1.29, 1.82) is 0 Å². The first-order chi connectivity index (χ1) is 9.72. The number of aliphatic imine (C=N–C) groups is 1. The van der Waals surface area contributed by atoms with Crippen molar-refractivity contribution in [2.45, 2.75) is 24.5 Å². The fraction of sp³-hybridized carbons (Fsp3) is 0.333. The number of fused-ring (bicyclic) bond motifs is 1. The maximum atomic E-state index is 10.8. The highest BCUT2D eigenvalue weighted by atomic mass is 32.2. The summed E-state index contributed by atoms with van der Waals surface area (Å²) >= 11 is 1.57. The van der Waals surface area contributed by atoms with Crippen LogP contribution in [0.3, 0.4) is 0 Å². The summed E-state index contributed by atoms with van der Waals surface area (Å²) in [5.41, 5.74) is 0.959. The lowest BCUT2D eigenvalue weighted by molar-refractivity contribution is -0.145. The van der Waals surface area contributed by atoms with Crippen molar-refractivity contribution >= 4 is 22.8 Å². The van der Waals surface area contributed by atoms with E-state index in [1.165, 1.54) is 6.92 Å². The van der Waals surface area contributed by atoms with Crippen LogP contribution < -0.4 is 0 Å². The summed E-state index contributed by atoms with van der Waals surface area (Å²) < 4.78 is 10.7. The lowest BCUT2D eigenvalue weighted by Gasteiger charge is -2.28. The molecule has 4 nitrogen and oxygen atoms in total. The molecule has 102 valence electrons. The van der Waals surface area contributed by atoms with Crippen LogP contribution in [0.5, 0.6) is 0 Å². The summed E-state index contributed by atoms with van der Waals surface area (Å²) in [5, 5.41) is 0.947. The van der Waals surface area contributed by atoms with Gasteiger partial charge in [0.1, 0.15) is 23.2 Å². The zero-order valence-corrected chi connectivity index (χ0v) is 11.7. The van der Waals surface area contributed by atoms with Gasteiger partial charge in [-0.1, -0.05) is 42.1 Å². The Hall–Kier alpha value is -1.33. The van der Waals surface area contributed by atoms with E-state index in [0.717, 1.165) is 10.6 Å². The number of thioether (sulfide) groups is 1. The molecule has 1 aromatic rings. The summed E-state index contributed by atoms with van der Waals surface area (Å²) in [6, 6.07) is 9.85. The molecule has 0 amide bonds. The number of hydrogen-bond donors (Lipinski definition) is 0. The first-order valence-corrected chi connectivity index (χ1v) is 7.20. The number of carbonyl (C=O) groups is 1. The Balaban J connectivity index is 1.61. The third kappa shape index (κ3) is 3.04. The lowest BCUT2D eigenvalue weighted by atomic mass is 10.1. The Labute approximate surface area is 122 Å². The molecule has 4 radical (unpaired) electrons. The van der Waals surface area contributed by atoms with Gasteiger partial charge in [-0.25, -0.2) is 0 Å². The maximum absolute atomic E-state index is 10.8. The average molecular weight is 287 g/mol. The van der Waals surface area contributed by atoms with Gasteiger partial charge < -0.3 is 9.47 Å². The maximum Gasteiger partial charge on any atom is 0.302 e. The fourth-order valence-corrected chi connectivity index (χ4v) is 3.08. The molecule has 20 heavy (non-hydrogen) atoms. The zero-order chi connectivity index (χ0) is 13.9. The molecule has 3 rings (SSSR count). The number of hydrogen-bond acceptors (Lipinski definition) is 5. The minimum Gasteiger partial charge on any atom is -0.463 e. The molecule has 0 aliphatic carbocycles. The van der Waals surface area contributed by atoms with Gasteiger partial charge in [-0.2, -0.15) is 0 Å². The third-order valence-corrected chi connectivity index (χ3v) is 4.06. The van der Waals surface area contributed by atoms with Crippen LogP contribution in [0.1, 0.15) is 12.5 Å². The molecule has 2 aliphatic rings. The molecule has 5 heteroatoms. The Kier molecular flexibility index (Phi) is 4.08. The molecular weight excluding hydrogens is 274 g/mol. The van der Waals surface area contributed by atoms with E-state index in [9.17, 15) is 4.79 Å². The number of rotatable bonds is 3. The van der Waals surface area contributed by atoms with E-state index < -0.39 is 0 Å². The first-order valence-electron chi connectivity index (χ1n) is 6.32. The minimum absolute atomic E-state index is 0.119. The van der Waals surface area contributed by atoms with Crippen LogP contribution in [-0.4, -0.2) is 35.2 Å². The standard InChI is InChI=1S/C15H13NO3S/c1-10(17)18-9-12-7-8-13-15(19-12)20-14(16-13)11-5-3-2-4-6-11/h2-6,12-13,15H,9H2,1H3/t12-,13-,15-/m1/s1. The molecule has 3 atom stereocenters. The molecule has 1 fully saturated rings. The lowest BCUT2D eigenvalue weighted by Crippen LogP contribution is -2.37. The fourth-order valence-electron chi connectivity index (χ4n) is 1.97. The Morgan fingerprint density at radius 1 is 1.40 bits per heavy atom. The van der Waals surface area contributed by atoms with Crippen molar-refractivity contribution in [3.05, 3.63) is 48.7 Å². The van der Waals surface area contributed by atoms with Crippen molar-refractivity contribution in [1.82, 2.24) is 0 Å². The van der Waals surface area contributed by atoms with Gasteiger partial charge in [-0.15, -0.1) is 0 Å². The van der Waals surface area contributed by atoms with Crippen LogP contribution in [0.2, 0.25) is 0 Å². The summed E-state index contributed by atoms with van der Waals surface area (Å²) in [5.74, 6) is -0.321. The van der Waals surface area contributed by atoms with Crippen molar-refractivity contribution < 1.29 is 14.3 Å². The predicted molar refractivity (Wildman–Crippen MR) is 76.1 cm³/mol. The molecule has 2 heterocycles. The van der Waals surface area contributed by atoms with Crippen LogP contribution in [0, 0.1) is 12.8 Å². The molecule has 0 spiro atoms. The largest absolute Gasteiger partial charge is 0.463 e. The second-order valence-corrected chi connectivity index (χ2v) is 5.53. The normalized spacial score (nSPS) is 28.6. The van der Waals surface area contributed by atoms with Crippen molar-refractivity contribution in [3.8, 4) is 0 Å². The zero-order valence-electron chi connectivity index (χ0n) is 10.9. The quantitative estimate of drug-likeness (QED) is 0.798. The predicted octanol–water partition coefficient (Wildman–Crippen LogP) is 2.00. The number of ether oxygens (including phenoxy) is 2. The van der Waals surface area contributed by atoms with Gasteiger partial charge in [-0.3, -0.25) is 9.79 Å². The molecule has 0 saturated carbocycles. The van der Waals surface area contributed by atoms with Crippen LogP contribution in [-0.2, 0) is 14.3 Å². The number of nitrogens with zero attached hydrogens (tertiary/aromatic N) is 1. The highest BCUT2D eigenvalue weighted by molar-refractivity contribution is 8.15. The molecule has 0 N–H and O–H groups in total. The van der Waals surface area contributed by atoms with E-state index in [-0.39, 0.29) is 30.2 Å². The van der Waals surface area contributed by atoms with Crippen LogP contribution in [0.4, 0.5) is 0 Å². The summed E-state index contributed by atoms with van der Waals surface area (Å²) in [4.78, 5) is 15.4. The highest BCUT2D eigenvalue weighted by Crippen LogP contribution is 2.37. The van der Waals surface area contributed by atoms with Gasteiger partial charge in [0.15, 0.2) is 0 Å². The average Bonchev–Trinajstić information content (AvgIpc) is 2.89. The van der Waals surface area contributed by atoms with Gasteiger partial charge in [0.05, 0.1) is 6.04 Å². The van der Waals surface area contributed by atoms with Crippen LogP contribution >= 0.6 is 11.8 Å². The van der Waals surface area contributed by atoms with E-state index in [1.54, 1.807) is 11.8 Å². The summed E-state index contributed by atoms with van der Waals surface area (Å²) in [6.07, 6.45) is 5.67. The monoisotopic (exact) mass is 287 g/mol. The van der Waals surface area contributed by atoms with E-state index in [4.69, 9.17) is 9.47 Å². The van der Waals surface area contributed by atoms with Gasteiger partial charge in [0, 0.05) is 25.3 Å². The molecular formula is C15H13NO3S. The molecule has 2 aliphatic heterocycles. The number of esters is 1. The van der Waals surface area contributed by atoms with E-state index in [2.05, 4.69) is 17.8 Å². The van der Waals surface area contributed by atoms with Crippen molar-refractivity contribution in [2.24, 2.45) is 4.99 Å². The van der Waals surface area contributed by atoms with Crippen molar-refractivity contribution in [3.63, 3.8) is 0 Å². The molecule has 0 aromatic heterocycles. The third-order valence-electron chi connectivity index (χ3n) is 2.89. The summed E-state index contributed by atoms with van der Waals surface area (Å²) in [7, 11) is 0. The Morgan fingerprint density at radius 3 is 2.95 bits per heavy atom. The van der Waals surface area contributed by atoms with Gasteiger partial charge in [0.25, 0.3) is 0 Å². The second kappa shape index (κ2) is 5.97. The minimum atomic E-state index is -0.363. The van der Waals surface area contributed by atoms with E-state index in [1.807, 2.05) is 30.3 Å². The van der Waals surface area contributed by atoms with Gasteiger partial charge in [0.2, 0.25) is 0 Å². The first kappa shape index (κ1) is 13.6. The van der Waals surface area contributed by atoms with Crippen LogP contribution in [0.15, 0.2) is 35.3 Å². The number of carbonyl (C=O) groups excluding carboxylic acids is 1. The smallest absolute Gasteiger partial charge is 0.302 e. The van der Waals surface area contributed by atoms with Gasteiger partial charge in [-0.05, 0) is 0 Å². The molecule has 0 unspecified atom stereocenters. The Bertz CT molecular complexity index is 517. The molecule has 1 saturated heterocycles.